The second-order valence-corrected chi connectivity index (χ2v) is 7.92. The van der Waals surface area contributed by atoms with Gasteiger partial charge in [-0.25, -0.2) is 13.9 Å². The molecule has 1 fully saturated rings. The first-order valence-electron chi connectivity index (χ1n) is 9.14. The van der Waals surface area contributed by atoms with E-state index in [1.807, 2.05) is 0 Å². The zero-order valence-electron chi connectivity index (χ0n) is 16.4. The van der Waals surface area contributed by atoms with Crippen molar-refractivity contribution in [2.24, 2.45) is 0 Å². The zero-order chi connectivity index (χ0) is 22.0. The molecular weight excluding hydrogens is 416 g/mol. The molecule has 3 N–H and O–H groups in total. The van der Waals surface area contributed by atoms with Crippen LogP contribution in [0.5, 0.6) is 0 Å². The molecule has 11 heteroatoms. The average molecular weight is 441 g/mol. The van der Waals surface area contributed by atoms with Crippen molar-refractivity contribution in [1.29, 1.82) is 0 Å². The van der Waals surface area contributed by atoms with E-state index in [0.717, 1.165) is 24.0 Å². The van der Waals surface area contributed by atoms with Crippen molar-refractivity contribution in [3.05, 3.63) is 22.5 Å². The first-order valence-corrected chi connectivity index (χ1v) is 9.52. The Bertz CT molecular complexity index is 830. The molecule has 0 radical (unpaired) electrons. The van der Waals surface area contributed by atoms with Gasteiger partial charge in [-0.05, 0) is 26.7 Å². The number of ether oxygens (including phenoxy) is 1. The van der Waals surface area contributed by atoms with Crippen molar-refractivity contribution in [2.75, 3.05) is 18.9 Å². The molecule has 1 aliphatic heterocycles. The zero-order valence-corrected chi connectivity index (χ0v) is 17.2. The van der Waals surface area contributed by atoms with Gasteiger partial charge in [0.25, 0.3) is 0 Å². The Kier molecular flexibility index (Phi) is 7.34. The number of anilines is 1. The summed E-state index contributed by atoms with van der Waals surface area (Å²) >= 11 is 6.05. The highest BCUT2D eigenvalue weighted by molar-refractivity contribution is 6.35. The maximum Gasteiger partial charge on any atom is 0.393 e. The second kappa shape index (κ2) is 9.01. The van der Waals surface area contributed by atoms with E-state index in [1.165, 1.54) is 27.0 Å². The van der Waals surface area contributed by atoms with Gasteiger partial charge in [0, 0.05) is 18.1 Å². The lowest BCUT2D eigenvalue weighted by atomic mass is 9.89. The van der Waals surface area contributed by atoms with Crippen molar-refractivity contribution < 1.29 is 27.4 Å². The Morgan fingerprint density at radius 3 is 2.48 bits per heavy atom. The van der Waals surface area contributed by atoms with Gasteiger partial charge in [0.15, 0.2) is 0 Å². The SMILES string of the molecule is CC(c1c(CC(F)(F)F)c(Cl)c2cnc(N)nn12)C(C)(C)F.OC1CCCOC1. The number of fused-ring (bicyclic) bond motifs is 1. The minimum Gasteiger partial charge on any atom is -0.391 e. The van der Waals surface area contributed by atoms with Crippen LogP contribution in [0, 0.1) is 0 Å². The fourth-order valence-corrected chi connectivity index (χ4v) is 3.25. The smallest absolute Gasteiger partial charge is 0.391 e. The van der Waals surface area contributed by atoms with Crippen LogP contribution in [0.2, 0.25) is 5.02 Å². The quantitative estimate of drug-likeness (QED) is 0.702. The normalized spacial score (nSPS) is 19.0. The molecule has 0 amide bonds. The van der Waals surface area contributed by atoms with Crippen molar-refractivity contribution in [2.45, 2.75) is 63.9 Å². The van der Waals surface area contributed by atoms with Crippen LogP contribution in [0.1, 0.15) is 50.8 Å². The number of hydrogen-bond acceptors (Lipinski definition) is 5. The highest BCUT2D eigenvalue weighted by Gasteiger charge is 2.38. The number of nitrogens with zero attached hydrogens (tertiary/aromatic N) is 3. The number of aliphatic hydroxyl groups excluding tert-OH is 1. The minimum atomic E-state index is -4.48. The third-order valence-electron chi connectivity index (χ3n) is 4.73. The molecule has 29 heavy (non-hydrogen) atoms. The number of nitrogen functional groups attached to an aromatic ring is 1. The van der Waals surface area contributed by atoms with Crippen LogP contribution in [0.4, 0.5) is 23.5 Å². The van der Waals surface area contributed by atoms with Gasteiger partial charge < -0.3 is 15.6 Å². The number of aliphatic hydroxyl groups is 1. The fourth-order valence-electron chi connectivity index (χ4n) is 2.95. The fraction of sp³-hybridized carbons (Fsp3) is 0.667. The summed E-state index contributed by atoms with van der Waals surface area (Å²) in [5.74, 6) is -1.01. The number of rotatable bonds is 3. The van der Waals surface area contributed by atoms with Gasteiger partial charge >= 0.3 is 6.18 Å². The van der Waals surface area contributed by atoms with E-state index in [9.17, 15) is 17.6 Å². The number of alkyl halides is 4. The highest BCUT2D eigenvalue weighted by atomic mass is 35.5. The summed E-state index contributed by atoms with van der Waals surface area (Å²) < 4.78 is 58.9. The van der Waals surface area contributed by atoms with Gasteiger partial charge in [-0.3, -0.25) is 0 Å². The molecule has 0 aliphatic carbocycles. The minimum absolute atomic E-state index is 0.0546. The van der Waals surface area contributed by atoms with E-state index in [2.05, 4.69) is 10.1 Å². The summed E-state index contributed by atoms with van der Waals surface area (Å²) in [6.45, 7) is 5.42. The predicted molar refractivity (Wildman–Crippen MR) is 102 cm³/mol. The summed E-state index contributed by atoms with van der Waals surface area (Å²) in [7, 11) is 0. The van der Waals surface area contributed by atoms with Crippen LogP contribution >= 0.6 is 11.6 Å². The van der Waals surface area contributed by atoms with Crippen molar-refractivity contribution in [1.82, 2.24) is 14.6 Å². The van der Waals surface area contributed by atoms with Crippen molar-refractivity contribution in [3.63, 3.8) is 0 Å². The van der Waals surface area contributed by atoms with Crippen LogP contribution in [0.25, 0.3) is 5.52 Å². The largest absolute Gasteiger partial charge is 0.393 e. The molecule has 0 aromatic carbocycles. The molecule has 2 atom stereocenters. The lowest BCUT2D eigenvalue weighted by Gasteiger charge is -2.24. The monoisotopic (exact) mass is 440 g/mol. The topological polar surface area (TPSA) is 85.7 Å². The van der Waals surface area contributed by atoms with Crippen LogP contribution in [0.3, 0.4) is 0 Å². The van der Waals surface area contributed by atoms with E-state index in [1.54, 1.807) is 0 Å². The van der Waals surface area contributed by atoms with Gasteiger partial charge in [-0.15, -0.1) is 5.10 Å². The third-order valence-corrected chi connectivity index (χ3v) is 5.15. The van der Waals surface area contributed by atoms with Gasteiger partial charge in [-0.1, -0.05) is 18.5 Å². The van der Waals surface area contributed by atoms with Crippen molar-refractivity contribution in [3.8, 4) is 0 Å². The Morgan fingerprint density at radius 2 is 2.03 bits per heavy atom. The Hall–Kier alpha value is -1.65. The van der Waals surface area contributed by atoms with Crippen LogP contribution in [-0.4, -0.2) is 50.9 Å². The molecule has 0 spiro atoms. The molecule has 2 aromatic rings. The number of halogens is 5. The number of hydrogen-bond donors (Lipinski definition) is 2. The summed E-state index contributed by atoms with van der Waals surface area (Å²) in [5.41, 5.74) is 3.74. The Morgan fingerprint density at radius 1 is 1.38 bits per heavy atom. The van der Waals surface area contributed by atoms with Gasteiger partial charge in [0.1, 0.15) is 11.2 Å². The Balaban J connectivity index is 0.000000360. The molecule has 0 saturated carbocycles. The molecule has 6 nitrogen and oxygen atoms in total. The number of aromatic nitrogens is 3. The van der Waals surface area contributed by atoms with Crippen LogP contribution < -0.4 is 5.73 Å². The van der Waals surface area contributed by atoms with E-state index < -0.39 is 24.2 Å². The lowest BCUT2D eigenvalue weighted by Crippen LogP contribution is -2.25. The average Bonchev–Trinajstić information content (AvgIpc) is 2.84. The van der Waals surface area contributed by atoms with Crippen LogP contribution in [-0.2, 0) is 11.2 Å². The molecule has 2 aromatic heterocycles. The van der Waals surface area contributed by atoms with Gasteiger partial charge in [0.2, 0.25) is 5.95 Å². The predicted octanol–water partition coefficient (Wildman–Crippen LogP) is 4.08. The molecule has 3 heterocycles. The molecule has 2 unspecified atom stereocenters. The first-order chi connectivity index (χ1) is 13.3. The standard InChI is InChI=1S/C13H15ClF4N4.C5H10O2/c1-6(12(2,3)15)10-7(4-13(16,17)18)9(14)8-5-20-11(19)21-22(8)10;6-5-2-1-3-7-4-5/h5-6H,4H2,1-3H3,(H2,19,21);5-6H,1-4H2. The maximum atomic E-state index is 14.3. The summed E-state index contributed by atoms with van der Waals surface area (Å²) in [6.07, 6.45) is -2.78. The highest BCUT2D eigenvalue weighted by Crippen LogP contribution is 2.40. The molecule has 164 valence electrons. The first kappa shape index (κ1) is 23.6. The Labute approximate surface area is 171 Å². The summed E-state index contributed by atoms with van der Waals surface area (Å²) in [4.78, 5) is 3.73. The van der Waals surface area contributed by atoms with E-state index in [-0.39, 0.29) is 33.8 Å². The molecule has 3 rings (SSSR count). The van der Waals surface area contributed by atoms with Crippen molar-refractivity contribution >= 4 is 23.1 Å². The van der Waals surface area contributed by atoms with E-state index >= 15 is 0 Å². The summed E-state index contributed by atoms with van der Waals surface area (Å²) in [6, 6.07) is 0. The summed E-state index contributed by atoms with van der Waals surface area (Å²) in [5, 5.41) is 12.5. The van der Waals surface area contributed by atoms with Crippen LogP contribution in [0.15, 0.2) is 6.20 Å². The molecule has 1 saturated heterocycles. The molecular formula is C18H25ClF4N4O2. The van der Waals surface area contributed by atoms with E-state index in [4.69, 9.17) is 27.2 Å². The third kappa shape index (κ3) is 6.16. The maximum absolute atomic E-state index is 14.3. The number of nitrogens with two attached hydrogens (primary N) is 1. The second-order valence-electron chi connectivity index (χ2n) is 7.54. The van der Waals surface area contributed by atoms with Gasteiger partial charge in [0.05, 0.1) is 36.0 Å². The lowest BCUT2D eigenvalue weighted by molar-refractivity contribution is -0.127. The molecule has 1 aliphatic rings. The van der Waals surface area contributed by atoms with E-state index in [0.29, 0.717) is 6.61 Å². The molecule has 0 bridgehead atoms. The van der Waals surface area contributed by atoms with Gasteiger partial charge in [-0.2, -0.15) is 13.2 Å².